The van der Waals surface area contributed by atoms with Gasteiger partial charge < -0.3 is 14.4 Å². The van der Waals surface area contributed by atoms with Gasteiger partial charge in [0, 0.05) is 54.2 Å². The maximum absolute atomic E-state index is 13.4. The van der Waals surface area contributed by atoms with Crippen LogP contribution in [0.25, 0.3) is 16.6 Å². The third kappa shape index (κ3) is 3.31. The summed E-state index contributed by atoms with van der Waals surface area (Å²) in [5.41, 5.74) is 2.25. The second-order valence-corrected chi connectivity index (χ2v) is 7.79. The van der Waals surface area contributed by atoms with Gasteiger partial charge in [-0.25, -0.2) is 4.98 Å². The molecular formula is C20H20Cl2N4O. The normalized spacial score (nSPS) is 18.2. The molecule has 4 rings (SSSR count). The summed E-state index contributed by atoms with van der Waals surface area (Å²) in [7, 11) is 2.08. The number of halogens is 2. The van der Waals surface area contributed by atoms with Crippen molar-refractivity contribution in [3.63, 3.8) is 0 Å². The molecule has 1 saturated heterocycles. The minimum absolute atomic E-state index is 0.0237. The largest absolute Gasteiger partial charge is 0.333 e. The minimum atomic E-state index is 0.0237. The lowest BCUT2D eigenvalue weighted by Crippen LogP contribution is -2.52. The van der Waals surface area contributed by atoms with Crippen molar-refractivity contribution in [3.8, 4) is 5.69 Å². The number of carbonyl (C=O) groups is 1. The summed E-state index contributed by atoms with van der Waals surface area (Å²) >= 11 is 12.4. The molecule has 1 aliphatic heterocycles. The Morgan fingerprint density at radius 1 is 1.15 bits per heavy atom. The molecule has 1 unspecified atom stereocenters. The summed E-state index contributed by atoms with van der Waals surface area (Å²) < 4.78 is 1.91. The van der Waals surface area contributed by atoms with E-state index in [1.54, 1.807) is 6.20 Å². The Hall–Kier alpha value is -2.08. The molecule has 1 aromatic carbocycles. The van der Waals surface area contributed by atoms with E-state index in [-0.39, 0.29) is 11.9 Å². The number of rotatable bonds is 2. The highest BCUT2D eigenvalue weighted by Gasteiger charge is 2.29. The minimum Gasteiger partial charge on any atom is -0.333 e. The Morgan fingerprint density at radius 3 is 2.59 bits per heavy atom. The third-order valence-electron chi connectivity index (χ3n) is 5.10. The van der Waals surface area contributed by atoms with E-state index in [1.165, 1.54) is 0 Å². The molecule has 140 valence electrons. The number of hydrogen-bond acceptors (Lipinski definition) is 3. The first kappa shape index (κ1) is 18.3. The van der Waals surface area contributed by atoms with E-state index in [0.717, 1.165) is 29.7 Å². The van der Waals surface area contributed by atoms with Gasteiger partial charge in [0.25, 0.3) is 5.91 Å². The van der Waals surface area contributed by atoms with Crippen LogP contribution < -0.4 is 0 Å². The van der Waals surface area contributed by atoms with Gasteiger partial charge in [0.15, 0.2) is 5.15 Å². The molecule has 0 bridgehead atoms. The van der Waals surface area contributed by atoms with Gasteiger partial charge in [-0.3, -0.25) is 4.79 Å². The standard InChI is InChI=1S/C20H20Cl2N4O/c1-13-11-24(2)9-10-25(13)20(27)17-12-26(15-5-3-14(21)4-6-15)18-16(17)7-8-23-19(18)22/h3-8,12-13H,9-11H2,1-2H3. The van der Waals surface area contributed by atoms with Gasteiger partial charge in [-0.15, -0.1) is 0 Å². The van der Waals surface area contributed by atoms with Crippen molar-refractivity contribution >= 4 is 40.0 Å². The summed E-state index contributed by atoms with van der Waals surface area (Å²) in [4.78, 5) is 21.7. The van der Waals surface area contributed by atoms with Crippen molar-refractivity contribution in [1.29, 1.82) is 0 Å². The fourth-order valence-electron chi connectivity index (χ4n) is 3.71. The Morgan fingerprint density at radius 2 is 1.89 bits per heavy atom. The fraction of sp³-hybridized carbons (Fsp3) is 0.300. The van der Waals surface area contributed by atoms with Gasteiger partial charge in [-0.1, -0.05) is 23.2 Å². The average molecular weight is 403 g/mol. The number of likely N-dealkylation sites (N-methyl/N-ethyl adjacent to an activating group) is 1. The Balaban J connectivity index is 1.83. The molecule has 1 amide bonds. The Bertz CT molecular complexity index is 999. The first-order valence-corrected chi connectivity index (χ1v) is 9.62. The van der Waals surface area contributed by atoms with Crippen molar-refractivity contribution in [3.05, 3.63) is 58.5 Å². The fourth-order valence-corrected chi connectivity index (χ4v) is 4.09. The second-order valence-electron chi connectivity index (χ2n) is 7.00. The number of nitrogens with zero attached hydrogens (tertiary/aromatic N) is 4. The molecule has 3 aromatic rings. The number of aromatic nitrogens is 2. The molecule has 3 heterocycles. The number of amides is 1. The topological polar surface area (TPSA) is 41.4 Å². The lowest BCUT2D eigenvalue weighted by molar-refractivity contribution is 0.0535. The van der Waals surface area contributed by atoms with Crippen LogP contribution in [-0.2, 0) is 0 Å². The molecule has 0 spiro atoms. The first-order chi connectivity index (χ1) is 13.0. The van der Waals surface area contributed by atoms with Crippen LogP contribution in [-0.4, -0.2) is 58.0 Å². The SMILES string of the molecule is CC1CN(C)CCN1C(=O)c1cn(-c2ccc(Cl)cc2)c2c(Cl)nccc12. The van der Waals surface area contributed by atoms with Crippen LogP contribution in [0.4, 0.5) is 0 Å². The van der Waals surface area contributed by atoms with Crippen LogP contribution in [0.2, 0.25) is 10.2 Å². The number of benzene rings is 1. The summed E-state index contributed by atoms with van der Waals surface area (Å²) in [6, 6.07) is 9.44. The summed E-state index contributed by atoms with van der Waals surface area (Å²) in [5.74, 6) is 0.0237. The molecule has 7 heteroatoms. The van der Waals surface area contributed by atoms with Crippen LogP contribution in [0.3, 0.4) is 0 Å². The van der Waals surface area contributed by atoms with Crippen molar-refractivity contribution in [2.24, 2.45) is 0 Å². The van der Waals surface area contributed by atoms with E-state index in [9.17, 15) is 4.79 Å². The van der Waals surface area contributed by atoms with Crippen LogP contribution in [0.5, 0.6) is 0 Å². The highest BCUT2D eigenvalue weighted by atomic mass is 35.5. The van der Waals surface area contributed by atoms with Gasteiger partial charge in [0.2, 0.25) is 0 Å². The summed E-state index contributed by atoms with van der Waals surface area (Å²) in [6.45, 7) is 4.53. The molecule has 1 atom stereocenters. The average Bonchev–Trinajstić information content (AvgIpc) is 3.03. The van der Waals surface area contributed by atoms with E-state index >= 15 is 0 Å². The van der Waals surface area contributed by atoms with Gasteiger partial charge >= 0.3 is 0 Å². The molecule has 5 nitrogen and oxygen atoms in total. The first-order valence-electron chi connectivity index (χ1n) is 8.86. The molecule has 0 N–H and O–H groups in total. The van der Waals surface area contributed by atoms with Gasteiger partial charge in [-0.05, 0) is 44.3 Å². The van der Waals surface area contributed by atoms with Gasteiger partial charge in [-0.2, -0.15) is 0 Å². The highest BCUT2D eigenvalue weighted by Crippen LogP contribution is 2.31. The number of fused-ring (bicyclic) bond motifs is 1. The lowest BCUT2D eigenvalue weighted by atomic mass is 10.1. The highest BCUT2D eigenvalue weighted by molar-refractivity contribution is 6.34. The van der Waals surface area contributed by atoms with Crippen molar-refractivity contribution in [1.82, 2.24) is 19.4 Å². The second kappa shape index (κ2) is 7.15. The molecular weight excluding hydrogens is 383 g/mol. The van der Waals surface area contributed by atoms with Crippen LogP contribution in [0.1, 0.15) is 17.3 Å². The van der Waals surface area contributed by atoms with Gasteiger partial charge in [0.05, 0.1) is 11.1 Å². The number of carbonyl (C=O) groups excluding carboxylic acids is 1. The smallest absolute Gasteiger partial charge is 0.256 e. The van der Waals surface area contributed by atoms with Gasteiger partial charge in [0.1, 0.15) is 0 Å². The molecule has 0 saturated carbocycles. The lowest BCUT2D eigenvalue weighted by Gasteiger charge is -2.38. The van der Waals surface area contributed by atoms with Crippen LogP contribution in [0, 0.1) is 0 Å². The molecule has 0 radical (unpaired) electrons. The zero-order valence-corrected chi connectivity index (χ0v) is 16.7. The number of hydrogen-bond donors (Lipinski definition) is 0. The Kier molecular flexibility index (Phi) is 4.84. The summed E-state index contributed by atoms with van der Waals surface area (Å²) in [5, 5.41) is 1.83. The maximum atomic E-state index is 13.4. The van der Waals surface area contributed by atoms with E-state index < -0.39 is 0 Å². The molecule has 1 aliphatic rings. The van der Waals surface area contributed by atoms with Crippen LogP contribution >= 0.6 is 23.2 Å². The monoisotopic (exact) mass is 402 g/mol. The zero-order valence-electron chi connectivity index (χ0n) is 15.2. The quantitative estimate of drug-likeness (QED) is 0.605. The predicted molar refractivity (Wildman–Crippen MR) is 109 cm³/mol. The molecule has 1 fully saturated rings. The molecule has 27 heavy (non-hydrogen) atoms. The van der Waals surface area contributed by atoms with E-state index in [1.807, 2.05) is 46.0 Å². The van der Waals surface area contributed by atoms with E-state index in [0.29, 0.717) is 22.3 Å². The predicted octanol–water partition coefficient (Wildman–Crippen LogP) is 4.11. The van der Waals surface area contributed by atoms with Crippen molar-refractivity contribution in [2.45, 2.75) is 13.0 Å². The maximum Gasteiger partial charge on any atom is 0.256 e. The molecule has 0 aliphatic carbocycles. The molecule has 2 aromatic heterocycles. The van der Waals surface area contributed by atoms with Crippen molar-refractivity contribution < 1.29 is 4.79 Å². The third-order valence-corrected chi connectivity index (χ3v) is 5.62. The number of piperazine rings is 1. The van der Waals surface area contributed by atoms with E-state index in [2.05, 4.69) is 23.9 Å². The summed E-state index contributed by atoms with van der Waals surface area (Å²) in [6.07, 6.45) is 3.50. The number of pyridine rings is 1. The van der Waals surface area contributed by atoms with Crippen LogP contribution in [0.15, 0.2) is 42.7 Å². The zero-order chi connectivity index (χ0) is 19.1. The Labute approximate surface area is 168 Å². The van der Waals surface area contributed by atoms with Crippen molar-refractivity contribution in [2.75, 3.05) is 26.7 Å². The van der Waals surface area contributed by atoms with E-state index in [4.69, 9.17) is 23.2 Å².